The van der Waals surface area contributed by atoms with Gasteiger partial charge in [-0.05, 0) is 42.2 Å². The van der Waals surface area contributed by atoms with Crippen LogP contribution in [0, 0.1) is 0 Å². The van der Waals surface area contributed by atoms with Crippen molar-refractivity contribution in [2.45, 2.75) is 31.1 Å². The molecular weight excluding hydrogens is 304 g/mol. The average Bonchev–Trinajstić information content (AvgIpc) is 3.06. The molecule has 0 saturated carbocycles. The summed E-state index contributed by atoms with van der Waals surface area (Å²) in [6, 6.07) is 9.56. The summed E-state index contributed by atoms with van der Waals surface area (Å²) in [6.07, 6.45) is 2.31. The van der Waals surface area contributed by atoms with Gasteiger partial charge >= 0.3 is 5.91 Å². The lowest BCUT2D eigenvalue weighted by Gasteiger charge is -2.11. The Labute approximate surface area is 129 Å². The highest BCUT2D eigenvalue weighted by Gasteiger charge is 2.17. The first-order valence-electron chi connectivity index (χ1n) is 6.89. The van der Waals surface area contributed by atoms with Gasteiger partial charge in [0.05, 0.1) is 11.2 Å². The summed E-state index contributed by atoms with van der Waals surface area (Å²) in [4.78, 5) is 13.8. The summed E-state index contributed by atoms with van der Waals surface area (Å²) >= 11 is 0. The second kappa shape index (κ2) is 6.76. The third-order valence-electron chi connectivity index (χ3n) is 3.42. The van der Waals surface area contributed by atoms with E-state index in [0.717, 1.165) is 12.0 Å². The van der Waals surface area contributed by atoms with E-state index in [4.69, 9.17) is 4.42 Å². The number of sulfonamides is 1. The second-order valence-electron chi connectivity index (χ2n) is 4.92. The maximum atomic E-state index is 12.1. The molecule has 2 aromatic rings. The molecule has 1 aromatic carbocycles. The van der Waals surface area contributed by atoms with Crippen LogP contribution in [0.3, 0.4) is 0 Å². The van der Waals surface area contributed by atoms with Crippen LogP contribution in [0.2, 0.25) is 0 Å². The molecular formula is C15H18N2O4S. The maximum absolute atomic E-state index is 12.1. The van der Waals surface area contributed by atoms with E-state index in [0.29, 0.717) is 5.92 Å². The van der Waals surface area contributed by atoms with Gasteiger partial charge in [0.25, 0.3) is 10.0 Å². The van der Waals surface area contributed by atoms with Crippen LogP contribution in [0.4, 0.5) is 0 Å². The monoisotopic (exact) mass is 322 g/mol. The quantitative estimate of drug-likeness (QED) is 0.799. The Morgan fingerprint density at radius 1 is 1.23 bits per heavy atom. The Morgan fingerprint density at radius 3 is 2.45 bits per heavy atom. The van der Waals surface area contributed by atoms with E-state index in [2.05, 4.69) is 19.3 Å². The fraction of sp³-hybridized carbons (Fsp3) is 0.267. The number of hydrogen-bond acceptors (Lipinski definition) is 4. The third-order valence-corrected chi connectivity index (χ3v) is 4.68. The Bertz CT molecular complexity index is 721. The zero-order chi connectivity index (χ0) is 16.2. The highest BCUT2D eigenvalue weighted by Crippen LogP contribution is 2.20. The standard InChI is InChI=1S/C15H18N2O4S/c1-3-11(2)12-6-8-13(9-7-12)22(19,20)17-16-15(18)14-5-4-10-21-14/h4-11,17H,3H2,1-2H3,(H,16,18). The predicted octanol–water partition coefficient (Wildman–Crippen LogP) is 2.42. The van der Waals surface area contributed by atoms with Crippen LogP contribution >= 0.6 is 0 Å². The molecule has 0 fully saturated rings. The van der Waals surface area contributed by atoms with Crippen molar-refractivity contribution in [1.29, 1.82) is 0 Å². The summed E-state index contributed by atoms with van der Waals surface area (Å²) in [7, 11) is -3.82. The number of nitrogens with one attached hydrogen (secondary N) is 2. The van der Waals surface area contributed by atoms with Crippen molar-refractivity contribution in [1.82, 2.24) is 10.3 Å². The first kappa shape index (κ1) is 16.3. The molecule has 0 spiro atoms. The Hall–Kier alpha value is -2.12. The molecule has 118 valence electrons. The van der Waals surface area contributed by atoms with E-state index in [1.807, 2.05) is 4.83 Å². The molecule has 6 nitrogen and oxygen atoms in total. The molecule has 1 amide bonds. The van der Waals surface area contributed by atoms with E-state index in [9.17, 15) is 13.2 Å². The number of benzene rings is 1. The molecule has 0 bridgehead atoms. The molecule has 0 aliphatic carbocycles. The van der Waals surface area contributed by atoms with Crippen LogP contribution in [-0.4, -0.2) is 14.3 Å². The largest absolute Gasteiger partial charge is 0.459 e. The number of furan rings is 1. The van der Waals surface area contributed by atoms with Crippen LogP contribution in [-0.2, 0) is 10.0 Å². The second-order valence-corrected chi connectivity index (χ2v) is 6.60. The lowest BCUT2D eigenvalue weighted by Crippen LogP contribution is -2.41. The molecule has 1 heterocycles. The molecule has 2 rings (SSSR count). The van der Waals surface area contributed by atoms with Crippen LogP contribution in [0.15, 0.2) is 52.0 Å². The van der Waals surface area contributed by atoms with Crippen LogP contribution in [0.25, 0.3) is 0 Å². The topological polar surface area (TPSA) is 88.4 Å². The first-order valence-corrected chi connectivity index (χ1v) is 8.38. The van der Waals surface area contributed by atoms with Gasteiger partial charge in [-0.25, -0.2) is 8.42 Å². The minimum Gasteiger partial charge on any atom is -0.459 e. The molecule has 22 heavy (non-hydrogen) atoms. The van der Waals surface area contributed by atoms with E-state index in [1.165, 1.54) is 30.5 Å². The zero-order valence-corrected chi connectivity index (χ0v) is 13.2. The minimum atomic E-state index is -3.82. The molecule has 1 aromatic heterocycles. The molecule has 0 aliphatic heterocycles. The number of rotatable bonds is 6. The average molecular weight is 322 g/mol. The summed E-state index contributed by atoms with van der Waals surface area (Å²) in [5, 5.41) is 0. The number of hydrogen-bond donors (Lipinski definition) is 2. The van der Waals surface area contributed by atoms with Gasteiger partial charge in [-0.1, -0.05) is 26.0 Å². The van der Waals surface area contributed by atoms with Gasteiger partial charge in [0.15, 0.2) is 5.76 Å². The Kier molecular flexibility index (Phi) is 4.99. The lowest BCUT2D eigenvalue weighted by atomic mass is 9.99. The number of hydrazine groups is 1. The van der Waals surface area contributed by atoms with Gasteiger partial charge < -0.3 is 4.42 Å². The van der Waals surface area contributed by atoms with Crippen LogP contribution < -0.4 is 10.3 Å². The predicted molar refractivity (Wildman–Crippen MR) is 81.6 cm³/mol. The molecule has 7 heteroatoms. The number of amides is 1. The number of carbonyl (C=O) groups is 1. The summed E-state index contributed by atoms with van der Waals surface area (Å²) in [6.45, 7) is 4.15. The summed E-state index contributed by atoms with van der Waals surface area (Å²) in [5.41, 5.74) is 3.17. The van der Waals surface area contributed by atoms with E-state index < -0.39 is 15.9 Å². The highest BCUT2D eigenvalue weighted by molar-refractivity contribution is 7.89. The first-order chi connectivity index (χ1) is 10.4. The molecule has 1 atom stereocenters. The van der Waals surface area contributed by atoms with Gasteiger partial charge in [-0.15, -0.1) is 4.83 Å². The van der Waals surface area contributed by atoms with Crippen molar-refractivity contribution in [3.8, 4) is 0 Å². The van der Waals surface area contributed by atoms with Gasteiger partial charge in [0.2, 0.25) is 0 Å². The molecule has 0 saturated heterocycles. The lowest BCUT2D eigenvalue weighted by molar-refractivity contribution is 0.0917. The minimum absolute atomic E-state index is 0.0230. The van der Waals surface area contributed by atoms with Crippen molar-refractivity contribution in [2.24, 2.45) is 0 Å². The maximum Gasteiger partial charge on any atom is 0.301 e. The molecule has 0 aliphatic rings. The van der Waals surface area contributed by atoms with Gasteiger partial charge in [0, 0.05) is 0 Å². The summed E-state index contributed by atoms with van der Waals surface area (Å²) in [5.74, 6) is -0.275. The van der Waals surface area contributed by atoms with Gasteiger partial charge in [0.1, 0.15) is 0 Å². The van der Waals surface area contributed by atoms with Crippen LogP contribution in [0.5, 0.6) is 0 Å². The highest BCUT2D eigenvalue weighted by atomic mass is 32.2. The van der Waals surface area contributed by atoms with E-state index >= 15 is 0 Å². The van der Waals surface area contributed by atoms with Crippen molar-refractivity contribution in [3.05, 3.63) is 54.0 Å². The smallest absolute Gasteiger partial charge is 0.301 e. The van der Waals surface area contributed by atoms with Crippen molar-refractivity contribution >= 4 is 15.9 Å². The normalized spacial score (nSPS) is 12.8. The van der Waals surface area contributed by atoms with Crippen molar-refractivity contribution in [3.63, 3.8) is 0 Å². The van der Waals surface area contributed by atoms with Crippen molar-refractivity contribution in [2.75, 3.05) is 0 Å². The fourth-order valence-electron chi connectivity index (χ4n) is 1.85. The van der Waals surface area contributed by atoms with Crippen LogP contribution in [0.1, 0.15) is 42.3 Å². The Balaban J connectivity index is 2.05. The molecule has 1 unspecified atom stereocenters. The van der Waals surface area contributed by atoms with Gasteiger partial charge in [-0.3, -0.25) is 10.2 Å². The number of carbonyl (C=O) groups excluding carboxylic acids is 1. The van der Waals surface area contributed by atoms with Gasteiger partial charge in [-0.2, -0.15) is 0 Å². The van der Waals surface area contributed by atoms with E-state index in [1.54, 1.807) is 12.1 Å². The Morgan fingerprint density at radius 2 is 1.91 bits per heavy atom. The molecule has 0 radical (unpaired) electrons. The zero-order valence-electron chi connectivity index (χ0n) is 12.4. The molecule has 2 N–H and O–H groups in total. The third kappa shape index (κ3) is 3.75. The van der Waals surface area contributed by atoms with Crippen molar-refractivity contribution < 1.29 is 17.6 Å². The van der Waals surface area contributed by atoms with E-state index in [-0.39, 0.29) is 10.7 Å². The SMILES string of the molecule is CCC(C)c1ccc(S(=O)(=O)NNC(=O)c2ccco2)cc1. The fourth-order valence-corrected chi connectivity index (χ4v) is 2.69. The summed E-state index contributed by atoms with van der Waals surface area (Å²) < 4.78 is 29.1.